The van der Waals surface area contributed by atoms with E-state index in [9.17, 15) is 31.1 Å². The monoisotopic (exact) mass is 433 g/mol. The molecular formula is C18H17F6N5O. The predicted octanol–water partition coefficient (Wildman–Crippen LogP) is 3.37. The van der Waals surface area contributed by atoms with Gasteiger partial charge in [-0.05, 0) is 38.1 Å². The van der Waals surface area contributed by atoms with E-state index in [1.54, 1.807) is 0 Å². The first-order valence-corrected chi connectivity index (χ1v) is 8.62. The summed E-state index contributed by atoms with van der Waals surface area (Å²) in [7, 11) is 0. The molecule has 30 heavy (non-hydrogen) atoms. The molecule has 0 radical (unpaired) electrons. The molecule has 2 heterocycles. The Hall–Kier alpha value is -3.05. The summed E-state index contributed by atoms with van der Waals surface area (Å²) in [5.41, 5.74) is -2.13. The molecule has 0 saturated heterocycles. The lowest BCUT2D eigenvalue weighted by atomic mass is 9.77. The first kappa shape index (κ1) is 21.7. The molecule has 4 N–H and O–H groups in total. The minimum Gasteiger partial charge on any atom is -0.385 e. The van der Waals surface area contributed by atoms with E-state index in [0.717, 1.165) is 26.1 Å². The largest absolute Gasteiger partial charge is 0.385 e. The molecular weight excluding hydrogens is 416 g/mol. The summed E-state index contributed by atoms with van der Waals surface area (Å²) >= 11 is 0. The highest BCUT2D eigenvalue weighted by molar-refractivity contribution is 5.92. The van der Waals surface area contributed by atoms with Gasteiger partial charge in [0.15, 0.2) is 11.2 Å². The van der Waals surface area contributed by atoms with E-state index >= 15 is 0 Å². The zero-order chi connectivity index (χ0) is 22.5. The van der Waals surface area contributed by atoms with Gasteiger partial charge >= 0.3 is 6.05 Å². The van der Waals surface area contributed by atoms with Gasteiger partial charge in [0.2, 0.25) is 0 Å². The average molecular weight is 433 g/mol. The van der Waals surface area contributed by atoms with Crippen molar-refractivity contribution in [2.45, 2.75) is 43.4 Å². The number of aromatic amines is 1. The van der Waals surface area contributed by atoms with E-state index < -0.39 is 58.3 Å². The second kappa shape index (κ2) is 6.74. The van der Waals surface area contributed by atoms with Gasteiger partial charge in [0.05, 0.1) is 6.42 Å². The Morgan fingerprint density at radius 1 is 1.23 bits per heavy atom. The molecule has 2 atom stereocenters. The van der Waals surface area contributed by atoms with Crippen LogP contribution in [0, 0.1) is 5.82 Å². The number of nitrogens with one attached hydrogen (secondary N) is 2. The molecule has 1 amide bonds. The van der Waals surface area contributed by atoms with E-state index in [-0.39, 0.29) is 5.69 Å². The molecule has 1 aliphatic heterocycles. The molecule has 0 aliphatic carbocycles. The topological polar surface area (TPSA) is 96.2 Å². The molecule has 0 spiro atoms. The Balaban J connectivity index is 2.05. The Kier molecular flexibility index (Phi) is 4.87. The van der Waals surface area contributed by atoms with Crippen LogP contribution in [0.15, 0.2) is 35.5 Å². The van der Waals surface area contributed by atoms with Crippen molar-refractivity contribution in [1.82, 2.24) is 15.5 Å². The summed E-state index contributed by atoms with van der Waals surface area (Å²) in [6.07, 6.45) is -0.251. The second-order valence-corrected chi connectivity index (χ2v) is 7.34. The van der Waals surface area contributed by atoms with E-state index in [0.29, 0.717) is 18.2 Å². The van der Waals surface area contributed by atoms with Crippen LogP contribution >= 0.6 is 0 Å². The Morgan fingerprint density at radius 2 is 1.90 bits per heavy atom. The van der Waals surface area contributed by atoms with Gasteiger partial charge in [0.1, 0.15) is 17.3 Å². The second-order valence-electron chi connectivity index (χ2n) is 7.34. The number of benzene rings is 1. The molecule has 0 fully saturated rings. The van der Waals surface area contributed by atoms with Crippen molar-refractivity contribution in [2.24, 2.45) is 10.7 Å². The predicted molar refractivity (Wildman–Crippen MR) is 94.4 cm³/mol. The number of alkyl halides is 5. The van der Waals surface area contributed by atoms with Gasteiger partial charge < -0.3 is 5.73 Å². The summed E-state index contributed by atoms with van der Waals surface area (Å²) in [6, 6.07) is -1.31. The summed E-state index contributed by atoms with van der Waals surface area (Å²) in [4.78, 5) is 15.4. The number of hydrogen-bond donors (Lipinski definition) is 3. The van der Waals surface area contributed by atoms with Crippen LogP contribution in [-0.2, 0) is 11.6 Å². The van der Waals surface area contributed by atoms with Gasteiger partial charge in [-0.15, -0.1) is 0 Å². The Bertz CT molecular complexity index is 1000. The number of amidine groups is 1. The van der Waals surface area contributed by atoms with Crippen LogP contribution in [0.4, 0.5) is 26.3 Å². The first-order chi connectivity index (χ1) is 13.7. The molecule has 162 valence electrons. The molecule has 3 rings (SSSR count). The highest BCUT2D eigenvalue weighted by Gasteiger charge is 2.60. The SMILES string of the molecule is C[C@]1(F)CC(F)(F)[C@@](C)(c2cc(C(F)(F)NC(=O)c3ccn[nH]3)ccc2F)N=C1N. The number of nitrogens with two attached hydrogens (primary N) is 1. The molecule has 6 nitrogen and oxygen atoms in total. The fraction of sp³-hybridized carbons (Fsp3) is 0.389. The number of rotatable bonds is 4. The zero-order valence-corrected chi connectivity index (χ0v) is 15.7. The van der Waals surface area contributed by atoms with Crippen molar-refractivity contribution >= 4 is 11.7 Å². The van der Waals surface area contributed by atoms with Gasteiger partial charge in [-0.1, -0.05) is 0 Å². The number of amides is 1. The summed E-state index contributed by atoms with van der Waals surface area (Å²) in [5.74, 6) is -7.25. The van der Waals surface area contributed by atoms with Crippen molar-refractivity contribution in [3.63, 3.8) is 0 Å². The third-order valence-electron chi connectivity index (χ3n) is 5.01. The van der Waals surface area contributed by atoms with Gasteiger partial charge in [-0.2, -0.15) is 13.9 Å². The van der Waals surface area contributed by atoms with E-state index in [1.165, 1.54) is 5.32 Å². The number of aliphatic imine (C=N–C) groups is 1. The summed E-state index contributed by atoms with van der Waals surface area (Å²) in [5, 5.41) is 7.05. The van der Waals surface area contributed by atoms with Crippen molar-refractivity contribution in [1.29, 1.82) is 0 Å². The highest BCUT2D eigenvalue weighted by atomic mass is 19.3. The maximum Gasteiger partial charge on any atom is 0.352 e. The Morgan fingerprint density at radius 3 is 2.50 bits per heavy atom. The molecule has 2 aromatic rings. The summed E-state index contributed by atoms with van der Waals surface area (Å²) in [6.45, 7) is 1.57. The molecule has 0 saturated carbocycles. The van der Waals surface area contributed by atoms with Crippen LogP contribution in [-0.4, -0.2) is 33.5 Å². The molecule has 0 unspecified atom stereocenters. The number of carbonyl (C=O) groups excluding carboxylic acids is 1. The van der Waals surface area contributed by atoms with Crippen LogP contribution in [0.25, 0.3) is 0 Å². The van der Waals surface area contributed by atoms with E-state index in [4.69, 9.17) is 5.73 Å². The third-order valence-corrected chi connectivity index (χ3v) is 5.01. The lowest BCUT2D eigenvalue weighted by molar-refractivity contribution is -0.107. The van der Waals surface area contributed by atoms with Crippen LogP contribution < -0.4 is 11.1 Å². The normalized spacial score (nSPS) is 26.2. The maximum absolute atomic E-state index is 14.8. The number of halogens is 6. The van der Waals surface area contributed by atoms with Gasteiger partial charge in [0, 0.05) is 17.3 Å². The van der Waals surface area contributed by atoms with Crippen LogP contribution in [0.5, 0.6) is 0 Å². The molecule has 1 aromatic heterocycles. The van der Waals surface area contributed by atoms with Gasteiger partial charge in [0.25, 0.3) is 11.8 Å². The van der Waals surface area contributed by atoms with Crippen molar-refractivity contribution in [2.75, 3.05) is 0 Å². The molecule has 1 aliphatic rings. The van der Waals surface area contributed by atoms with Crippen LogP contribution in [0.3, 0.4) is 0 Å². The lowest BCUT2D eigenvalue weighted by Crippen LogP contribution is -2.56. The van der Waals surface area contributed by atoms with Gasteiger partial charge in [-0.3, -0.25) is 20.2 Å². The van der Waals surface area contributed by atoms with Gasteiger partial charge in [-0.25, -0.2) is 17.6 Å². The maximum atomic E-state index is 14.8. The van der Waals surface area contributed by atoms with E-state index in [1.807, 2.05) is 0 Å². The number of nitrogens with zero attached hydrogens (tertiary/aromatic N) is 2. The van der Waals surface area contributed by atoms with Crippen LogP contribution in [0.1, 0.15) is 41.9 Å². The lowest BCUT2D eigenvalue weighted by Gasteiger charge is -2.42. The summed E-state index contributed by atoms with van der Waals surface area (Å²) < 4.78 is 87.5. The van der Waals surface area contributed by atoms with E-state index in [2.05, 4.69) is 15.2 Å². The Labute approximate surface area is 166 Å². The number of aromatic nitrogens is 2. The molecule has 1 aromatic carbocycles. The quantitative estimate of drug-likeness (QED) is 0.510. The number of H-pyrrole nitrogens is 1. The average Bonchev–Trinajstić information content (AvgIpc) is 3.14. The van der Waals surface area contributed by atoms with Crippen LogP contribution in [0.2, 0.25) is 0 Å². The minimum atomic E-state index is -4.06. The van der Waals surface area contributed by atoms with Crippen molar-refractivity contribution < 1.29 is 31.1 Å². The standard InChI is InChI=1S/C18H17F6N5O/c1-15(20)8-17(21,22)16(2,28-14(15)25)10-7-9(3-4-11(10)19)18(23,24)27-13(30)12-5-6-26-29-12/h3-7H,8H2,1-2H3,(H2,25,28)(H,26,29)(H,27,30)/t15-,16+/m0/s1. The fourth-order valence-corrected chi connectivity index (χ4v) is 3.13. The third kappa shape index (κ3) is 3.50. The van der Waals surface area contributed by atoms with Crippen molar-refractivity contribution in [3.05, 3.63) is 53.1 Å². The smallest absolute Gasteiger partial charge is 0.352 e. The molecule has 0 bridgehead atoms. The zero-order valence-electron chi connectivity index (χ0n) is 15.7. The van der Waals surface area contributed by atoms with Crippen molar-refractivity contribution in [3.8, 4) is 0 Å². The highest BCUT2D eigenvalue weighted by Crippen LogP contribution is 2.50. The minimum absolute atomic E-state index is 0.276. The first-order valence-electron chi connectivity index (χ1n) is 8.62. The fourth-order valence-electron chi connectivity index (χ4n) is 3.13. The molecule has 12 heteroatoms. The number of carbonyl (C=O) groups is 1. The number of hydrogen-bond acceptors (Lipinski definition) is 4.